The van der Waals surface area contributed by atoms with Crippen molar-refractivity contribution in [2.45, 2.75) is 50.1 Å². The van der Waals surface area contributed by atoms with Crippen LogP contribution in [0.1, 0.15) is 26.7 Å². The van der Waals surface area contributed by atoms with Gasteiger partial charge in [-0.15, -0.1) is 12.6 Å². The Kier molecular flexibility index (Phi) is 4.61. The molecular formula is C10H18O5S. The normalized spacial score (nSPS) is 30.8. The van der Waals surface area contributed by atoms with E-state index in [1.807, 2.05) is 0 Å². The number of rotatable bonds is 3. The average Bonchev–Trinajstić information content (AvgIpc) is 2.14. The van der Waals surface area contributed by atoms with E-state index in [2.05, 4.69) is 17.4 Å². The third kappa shape index (κ3) is 3.93. The van der Waals surface area contributed by atoms with Gasteiger partial charge in [0.1, 0.15) is 5.44 Å². The topological polar surface area (TPSA) is 65.0 Å². The maximum atomic E-state index is 11.1. The monoisotopic (exact) mass is 250 g/mol. The number of esters is 1. The van der Waals surface area contributed by atoms with Gasteiger partial charge >= 0.3 is 5.97 Å². The van der Waals surface area contributed by atoms with E-state index < -0.39 is 17.3 Å². The van der Waals surface area contributed by atoms with Crippen molar-refractivity contribution >= 4 is 18.6 Å². The molecule has 1 saturated heterocycles. The van der Waals surface area contributed by atoms with Crippen molar-refractivity contribution in [2.75, 3.05) is 7.11 Å². The van der Waals surface area contributed by atoms with Crippen LogP contribution >= 0.6 is 12.6 Å². The van der Waals surface area contributed by atoms with E-state index in [0.717, 1.165) is 0 Å². The molecule has 0 amide bonds. The summed E-state index contributed by atoms with van der Waals surface area (Å²) in [6.07, 6.45) is -0.187. The molecule has 1 aliphatic heterocycles. The Labute approximate surface area is 100 Å². The minimum absolute atomic E-state index is 0.153. The Bertz CT molecular complexity index is 254. The molecule has 3 atom stereocenters. The SMILES string of the molecule is COC(=O)CC1CC(C(O)S)OC(C)(C)O1. The first kappa shape index (κ1) is 13.8. The van der Waals surface area contributed by atoms with E-state index in [-0.39, 0.29) is 18.5 Å². The van der Waals surface area contributed by atoms with E-state index in [9.17, 15) is 9.90 Å². The number of ether oxygens (including phenoxy) is 3. The van der Waals surface area contributed by atoms with Crippen LogP contribution in [0.3, 0.4) is 0 Å². The van der Waals surface area contributed by atoms with Crippen molar-refractivity contribution < 1.29 is 24.1 Å². The van der Waals surface area contributed by atoms with Crippen LogP contribution in [-0.2, 0) is 19.0 Å². The lowest BCUT2D eigenvalue weighted by molar-refractivity contribution is -0.306. The van der Waals surface area contributed by atoms with Crippen LogP contribution in [0, 0.1) is 0 Å². The second-order valence-corrected chi connectivity index (χ2v) is 4.75. The number of hydrogen-bond acceptors (Lipinski definition) is 6. The molecule has 0 saturated carbocycles. The molecule has 0 bridgehead atoms. The van der Waals surface area contributed by atoms with Gasteiger partial charge in [0.15, 0.2) is 5.79 Å². The van der Waals surface area contributed by atoms with Crippen LogP contribution in [0.25, 0.3) is 0 Å². The van der Waals surface area contributed by atoms with E-state index in [0.29, 0.717) is 6.42 Å². The predicted octanol–water partition coefficient (Wildman–Crippen LogP) is 0.708. The van der Waals surface area contributed by atoms with E-state index in [1.54, 1.807) is 13.8 Å². The Morgan fingerprint density at radius 2 is 2.25 bits per heavy atom. The Balaban J connectivity index is 2.61. The Morgan fingerprint density at radius 3 is 2.75 bits per heavy atom. The first-order chi connectivity index (χ1) is 7.34. The number of hydrogen-bond donors (Lipinski definition) is 2. The van der Waals surface area contributed by atoms with Crippen LogP contribution in [-0.4, -0.2) is 41.6 Å². The van der Waals surface area contributed by atoms with Crippen LogP contribution in [0.5, 0.6) is 0 Å². The summed E-state index contributed by atoms with van der Waals surface area (Å²) in [5.41, 5.74) is -0.886. The zero-order valence-electron chi connectivity index (χ0n) is 9.67. The van der Waals surface area contributed by atoms with E-state index in [4.69, 9.17) is 9.47 Å². The van der Waals surface area contributed by atoms with Gasteiger partial charge in [-0.3, -0.25) is 4.79 Å². The summed E-state index contributed by atoms with van der Waals surface area (Å²) in [6.45, 7) is 3.47. The quantitative estimate of drug-likeness (QED) is 0.439. The molecule has 1 heterocycles. The molecule has 1 aliphatic rings. The summed E-state index contributed by atoms with van der Waals surface area (Å²) in [5.74, 6) is -1.17. The first-order valence-corrected chi connectivity index (χ1v) is 5.64. The summed E-state index contributed by atoms with van der Waals surface area (Å²) >= 11 is 3.93. The molecular weight excluding hydrogens is 232 g/mol. The Hall–Kier alpha value is -0.300. The van der Waals surface area contributed by atoms with E-state index in [1.165, 1.54) is 7.11 Å². The lowest BCUT2D eigenvalue weighted by Crippen LogP contribution is -2.48. The molecule has 1 N–H and O–H groups in total. The third-order valence-corrected chi connectivity index (χ3v) is 2.67. The summed E-state index contributed by atoms with van der Waals surface area (Å²) in [6, 6.07) is 0. The highest BCUT2D eigenvalue weighted by atomic mass is 32.1. The molecule has 94 valence electrons. The lowest BCUT2D eigenvalue weighted by atomic mass is 10.1. The van der Waals surface area contributed by atoms with Gasteiger partial charge < -0.3 is 19.3 Å². The van der Waals surface area contributed by atoms with Crippen LogP contribution < -0.4 is 0 Å². The summed E-state index contributed by atoms with van der Waals surface area (Å²) in [5, 5.41) is 9.39. The van der Waals surface area contributed by atoms with Crippen LogP contribution in [0.15, 0.2) is 0 Å². The van der Waals surface area contributed by atoms with Crippen molar-refractivity contribution in [3.8, 4) is 0 Å². The maximum Gasteiger partial charge on any atom is 0.308 e. The van der Waals surface area contributed by atoms with Crippen molar-refractivity contribution in [3.05, 3.63) is 0 Å². The smallest absolute Gasteiger partial charge is 0.308 e. The molecule has 1 rings (SSSR count). The number of carbonyl (C=O) groups excluding carboxylic acids is 1. The molecule has 6 heteroatoms. The summed E-state index contributed by atoms with van der Waals surface area (Å²) < 4.78 is 15.6. The predicted molar refractivity (Wildman–Crippen MR) is 60.1 cm³/mol. The largest absolute Gasteiger partial charge is 0.469 e. The zero-order valence-corrected chi connectivity index (χ0v) is 10.6. The van der Waals surface area contributed by atoms with E-state index >= 15 is 0 Å². The molecule has 0 aromatic carbocycles. The van der Waals surface area contributed by atoms with Crippen LogP contribution in [0.2, 0.25) is 0 Å². The van der Waals surface area contributed by atoms with Gasteiger partial charge in [-0.25, -0.2) is 0 Å². The highest BCUT2D eigenvalue weighted by Gasteiger charge is 2.38. The first-order valence-electron chi connectivity index (χ1n) is 5.12. The van der Waals surface area contributed by atoms with Gasteiger partial charge in [0.25, 0.3) is 0 Å². The lowest BCUT2D eigenvalue weighted by Gasteiger charge is -2.41. The molecule has 0 aliphatic carbocycles. The molecule has 5 nitrogen and oxygen atoms in total. The minimum atomic E-state index is -0.886. The number of thiol groups is 1. The number of aliphatic hydroxyl groups is 1. The van der Waals surface area contributed by atoms with Gasteiger partial charge in [-0.2, -0.15) is 0 Å². The summed E-state index contributed by atoms with van der Waals surface area (Å²) in [4.78, 5) is 11.1. The highest BCUT2D eigenvalue weighted by molar-refractivity contribution is 7.80. The van der Waals surface area contributed by atoms with Gasteiger partial charge in [0.2, 0.25) is 0 Å². The van der Waals surface area contributed by atoms with Crippen molar-refractivity contribution in [1.82, 2.24) is 0 Å². The third-order valence-electron chi connectivity index (χ3n) is 2.34. The highest BCUT2D eigenvalue weighted by Crippen LogP contribution is 2.30. The molecule has 16 heavy (non-hydrogen) atoms. The molecule has 0 radical (unpaired) electrons. The van der Waals surface area contributed by atoms with Gasteiger partial charge in [-0.1, -0.05) is 0 Å². The summed E-state index contributed by atoms with van der Waals surface area (Å²) in [7, 11) is 1.33. The second kappa shape index (κ2) is 5.35. The zero-order chi connectivity index (χ0) is 12.3. The fourth-order valence-electron chi connectivity index (χ4n) is 1.73. The van der Waals surface area contributed by atoms with Gasteiger partial charge in [0.05, 0.1) is 25.7 Å². The van der Waals surface area contributed by atoms with Crippen molar-refractivity contribution in [1.29, 1.82) is 0 Å². The average molecular weight is 250 g/mol. The number of aliphatic hydroxyl groups excluding tert-OH is 1. The molecule has 3 unspecified atom stereocenters. The standard InChI is InChI=1S/C10H18O5S/c1-10(2)14-6(5-8(11)13-3)4-7(15-10)9(12)16/h6-7,9,12,16H,4-5H2,1-3H3. The second-order valence-electron chi connectivity index (χ2n) is 4.23. The fourth-order valence-corrected chi connectivity index (χ4v) is 1.91. The minimum Gasteiger partial charge on any atom is -0.469 e. The molecule has 0 spiro atoms. The molecule has 0 aromatic heterocycles. The Morgan fingerprint density at radius 1 is 1.62 bits per heavy atom. The van der Waals surface area contributed by atoms with Crippen molar-refractivity contribution in [2.24, 2.45) is 0 Å². The number of carbonyl (C=O) groups is 1. The van der Waals surface area contributed by atoms with Crippen LogP contribution in [0.4, 0.5) is 0 Å². The number of methoxy groups -OCH3 is 1. The van der Waals surface area contributed by atoms with Gasteiger partial charge in [-0.05, 0) is 13.8 Å². The van der Waals surface area contributed by atoms with Gasteiger partial charge in [0, 0.05) is 6.42 Å². The fraction of sp³-hybridized carbons (Fsp3) is 0.900. The molecule has 1 fully saturated rings. The van der Waals surface area contributed by atoms with Crippen molar-refractivity contribution in [3.63, 3.8) is 0 Å². The maximum absolute atomic E-state index is 11.1. The molecule has 0 aromatic rings.